The minimum Gasteiger partial charge on any atom is -0.507 e. The second kappa shape index (κ2) is 4.63. The van der Waals surface area contributed by atoms with Gasteiger partial charge >= 0.3 is 5.97 Å². The van der Waals surface area contributed by atoms with Crippen LogP contribution in [0.25, 0.3) is 0 Å². The highest BCUT2D eigenvalue weighted by molar-refractivity contribution is 5.72. The quantitative estimate of drug-likeness (QED) is 0.836. The van der Waals surface area contributed by atoms with Gasteiger partial charge < -0.3 is 9.84 Å². The van der Waals surface area contributed by atoms with Crippen molar-refractivity contribution in [3.05, 3.63) is 28.8 Å². The maximum absolute atomic E-state index is 11.2. The molecule has 3 heteroatoms. The zero-order valence-corrected chi connectivity index (χ0v) is 11.2. The van der Waals surface area contributed by atoms with E-state index in [2.05, 4.69) is 0 Å². The number of phenolic OH excluding ortho intramolecular Hbond substituents is 1. The first-order valence-corrected chi connectivity index (χ1v) is 6.41. The fraction of sp³-hybridized carbons (Fsp3) is 0.533. The predicted molar refractivity (Wildman–Crippen MR) is 69.6 cm³/mol. The molecule has 3 nitrogen and oxygen atoms in total. The predicted octanol–water partition coefficient (Wildman–Crippen LogP) is 3.04. The molecule has 1 heterocycles. The first kappa shape index (κ1) is 12.9. The summed E-state index contributed by atoms with van der Waals surface area (Å²) in [6.45, 7) is 5.88. The van der Waals surface area contributed by atoms with Crippen LogP contribution in [0.5, 0.6) is 5.75 Å². The van der Waals surface area contributed by atoms with Crippen molar-refractivity contribution in [1.29, 1.82) is 0 Å². The molecule has 1 atom stereocenters. The van der Waals surface area contributed by atoms with Gasteiger partial charge in [-0.05, 0) is 56.7 Å². The average Bonchev–Trinajstić information content (AvgIpc) is 2.66. The fourth-order valence-electron chi connectivity index (χ4n) is 2.38. The number of esters is 1. The van der Waals surface area contributed by atoms with E-state index in [1.165, 1.54) is 0 Å². The number of hydrogen-bond acceptors (Lipinski definition) is 3. The Kier molecular flexibility index (Phi) is 3.33. The third-order valence-electron chi connectivity index (χ3n) is 3.93. The first-order valence-electron chi connectivity index (χ1n) is 6.41. The standard InChI is InChI=1S/C15H20O3/c1-10-4-5-12(14(17)11(10)2)6-8-15(3)9-7-13(16)18-15/h4-5,17H,6-9H2,1-3H3. The lowest BCUT2D eigenvalue weighted by Crippen LogP contribution is -2.24. The largest absolute Gasteiger partial charge is 0.507 e. The molecule has 98 valence electrons. The summed E-state index contributed by atoms with van der Waals surface area (Å²) >= 11 is 0. The maximum Gasteiger partial charge on any atom is 0.306 e. The molecule has 0 radical (unpaired) electrons. The van der Waals surface area contributed by atoms with Crippen molar-refractivity contribution in [3.8, 4) is 5.75 Å². The van der Waals surface area contributed by atoms with Crippen LogP contribution in [0.3, 0.4) is 0 Å². The van der Waals surface area contributed by atoms with E-state index in [-0.39, 0.29) is 11.6 Å². The summed E-state index contributed by atoms with van der Waals surface area (Å²) < 4.78 is 5.34. The Morgan fingerprint density at radius 1 is 1.39 bits per heavy atom. The maximum atomic E-state index is 11.2. The SMILES string of the molecule is Cc1ccc(CCC2(C)CCC(=O)O2)c(O)c1C. The van der Waals surface area contributed by atoms with Crippen molar-refractivity contribution in [2.24, 2.45) is 0 Å². The minimum absolute atomic E-state index is 0.109. The van der Waals surface area contributed by atoms with Gasteiger partial charge in [0.25, 0.3) is 0 Å². The van der Waals surface area contributed by atoms with Gasteiger partial charge in [-0.2, -0.15) is 0 Å². The Bertz CT molecular complexity index is 479. The Balaban J connectivity index is 2.07. The Morgan fingerprint density at radius 2 is 2.11 bits per heavy atom. The van der Waals surface area contributed by atoms with E-state index in [1.807, 2.05) is 32.9 Å². The molecule has 0 aliphatic carbocycles. The van der Waals surface area contributed by atoms with Crippen LogP contribution in [-0.4, -0.2) is 16.7 Å². The minimum atomic E-state index is -0.359. The van der Waals surface area contributed by atoms with E-state index in [1.54, 1.807) is 0 Å². The fourth-order valence-corrected chi connectivity index (χ4v) is 2.38. The molecule has 0 spiro atoms. The molecule has 1 saturated heterocycles. The van der Waals surface area contributed by atoms with Crippen LogP contribution in [0, 0.1) is 13.8 Å². The van der Waals surface area contributed by atoms with Gasteiger partial charge in [-0.1, -0.05) is 12.1 Å². The summed E-state index contributed by atoms with van der Waals surface area (Å²) in [5.41, 5.74) is 2.60. The van der Waals surface area contributed by atoms with Crippen LogP contribution >= 0.6 is 0 Å². The number of benzene rings is 1. The number of cyclic esters (lactones) is 1. The topological polar surface area (TPSA) is 46.5 Å². The Labute approximate surface area is 108 Å². The number of hydrogen-bond donors (Lipinski definition) is 1. The van der Waals surface area contributed by atoms with Crippen molar-refractivity contribution in [3.63, 3.8) is 0 Å². The summed E-state index contributed by atoms with van der Waals surface area (Å²) in [6.07, 6.45) is 2.78. The molecule has 0 amide bonds. The molecular formula is C15H20O3. The zero-order valence-electron chi connectivity index (χ0n) is 11.2. The van der Waals surface area contributed by atoms with Gasteiger partial charge in [-0.25, -0.2) is 0 Å². The Hall–Kier alpha value is -1.51. The van der Waals surface area contributed by atoms with E-state index in [4.69, 9.17) is 4.74 Å². The number of phenols is 1. The number of carbonyl (C=O) groups is 1. The molecule has 2 rings (SSSR count). The summed E-state index contributed by atoms with van der Waals surface area (Å²) in [4.78, 5) is 11.2. The van der Waals surface area contributed by atoms with Crippen LogP contribution < -0.4 is 0 Å². The summed E-state index contributed by atoms with van der Waals surface area (Å²) in [7, 11) is 0. The summed E-state index contributed by atoms with van der Waals surface area (Å²) in [6, 6.07) is 3.98. The summed E-state index contributed by atoms with van der Waals surface area (Å²) in [5, 5.41) is 10.1. The number of ether oxygens (including phenoxy) is 1. The van der Waals surface area contributed by atoms with Gasteiger partial charge in [0, 0.05) is 6.42 Å². The van der Waals surface area contributed by atoms with Crippen molar-refractivity contribution >= 4 is 5.97 Å². The molecule has 1 aromatic rings. The molecule has 1 aliphatic rings. The van der Waals surface area contributed by atoms with Gasteiger partial charge in [0.05, 0.1) is 0 Å². The number of carbonyl (C=O) groups excluding carboxylic acids is 1. The molecule has 1 unspecified atom stereocenters. The molecule has 1 N–H and O–H groups in total. The van der Waals surface area contributed by atoms with E-state index in [0.717, 1.165) is 36.0 Å². The molecular weight excluding hydrogens is 228 g/mol. The van der Waals surface area contributed by atoms with E-state index >= 15 is 0 Å². The second-order valence-electron chi connectivity index (χ2n) is 5.44. The van der Waals surface area contributed by atoms with Gasteiger partial charge in [0.1, 0.15) is 11.4 Å². The normalized spacial score (nSPS) is 23.2. The zero-order chi connectivity index (χ0) is 13.3. The van der Waals surface area contributed by atoms with Crippen molar-refractivity contribution in [1.82, 2.24) is 0 Å². The van der Waals surface area contributed by atoms with E-state index < -0.39 is 0 Å². The smallest absolute Gasteiger partial charge is 0.306 e. The van der Waals surface area contributed by atoms with Crippen molar-refractivity contribution in [2.75, 3.05) is 0 Å². The summed E-state index contributed by atoms with van der Waals surface area (Å²) in [5.74, 6) is 0.268. The van der Waals surface area contributed by atoms with Crippen molar-refractivity contribution in [2.45, 2.75) is 52.1 Å². The molecule has 0 bridgehead atoms. The third-order valence-corrected chi connectivity index (χ3v) is 3.93. The Morgan fingerprint density at radius 3 is 2.72 bits per heavy atom. The van der Waals surface area contributed by atoms with Crippen LogP contribution in [0.1, 0.15) is 42.9 Å². The van der Waals surface area contributed by atoms with E-state index in [0.29, 0.717) is 12.2 Å². The van der Waals surface area contributed by atoms with Crippen LogP contribution in [0.4, 0.5) is 0 Å². The van der Waals surface area contributed by atoms with Crippen molar-refractivity contribution < 1.29 is 14.6 Å². The van der Waals surface area contributed by atoms with E-state index in [9.17, 15) is 9.90 Å². The lowest BCUT2D eigenvalue weighted by atomic mass is 9.92. The van der Waals surface area contributed by atoms with Crippen LogP contribution in [0.15, 0.2) is 12.1 Å². The highest BCUT2D eigenvalue weighted by Crippen LogP contribution is 2.33. The lowest BCUT2D eigenvalue weighted by Gasteiger charge is -2.22. The molecule has 1 fully saturated rings. The molecule has 1 aliphatic heterocycles. The number of rotatable bonds is 3. The number of aryl methyl sites for hydroxylation is 2. The van der Waals surface area contributed by atoms with Crippen LogP contribution in [-0.2, 0) is 16.0 Å². The molecule has 18 heavy (non-hydrogen) atoms. The van der Waals surface area contributed by atoms with Gasteiger partial charge in [0.15, 0.2) is 0 Å². The average molecular weight is 248 g/mol. The van der Waals surface area contributed by atoms with Crippen LogP contribution in [0.2, 0.25) is 0 Å². The highest BCUT2D eigenvalue weighted by Gasteiger charge is 2.35. The van der Waals surface area contributed by atoms with Gasteiger partial charge in [-0.3, -0.25) is 4.79 Å². The molecule has 1 aromatic carbocycles. The monoisotopic (exact) mass is 248 g/mol. The lowest BCUT2D eigenvalue weighted by molar-refractivity contribution is -0.147. The highest BCUT2D eigenvalue weighted by atomic mass is 16.6. The third kappa shape index (κ3) is 2.50. The second-order valence-corrected chi connectivity index (χ2v) is 5.44. The van der Waals surface area contributed by atoms with Gasteiger partial charge in [-0.15, -0.1) is 0 Å². The number of aromatic hydroxyl groups is 1. The first-order chi connectivity index (χ1) is 8.41. The molecule has 0 aromatic heterocycles. The molecule has 0 saturated carbocycles. The van der Waals surface area contributed by atoms with Gasteiger partial charge in [0.2, 0.25) is 0 Å².